The number of esters is 2. The molecule has 2 radical (unpaired) electrons. The van der Waals surface area contributed by atoms with Gasteiger partial charge >= 0.3 is 11.9 Å². The minimum absolute atomic E-state index is 0.165. The van der Waals surface area contributed by atoms with Crippen molar-refractivity contribution in [2.75, 3.05) is 62.7 Å². The van der Waals surface area contributed by atoms with Crippen molar-refractivity contribution in [3.8, 4) is 0 Å². The second-order valence-corrected chi connectivity index (χ2v) is 14.8. The largest absolute Gasteiger partial charge is 0.469 e. The Kier molecular flexibility index (Phi) is 15.8. The number of aromatic nitrogens is 1. The zero-order valence-corrected chi connectivity index (χ0v) is 32.4. The molecule has 1 aromatic heterocycles. The summed E-state index contributed by atoms with van der Waals surface area (Å²) in [6.45, 7) is 9.84. The first-order chi connectivity index (χ1) is 24.6. The highest BCUT2D eigenvalue weighted by Crippen LogP contribution is 2.40. The zero-order chi connectivity index (χ0) is 36.8. The van der Waals surface area contributed by atoms with Crippen molar-refractivity contribution in [1.82, 2.24) is 4.98 Å². The molecule has 0 amide bonds. The van der Waals surface area contributed by atoms with E-state index in [2.05, 4.69) is 111 Å². The summed E-state index contributed by atoms with van der Waals surface area (Å²) in [5.74, 6) is 3.64. The lowest BCUT2D eigenvalue weighted by molar-refractivity contribution is -0.144. The van der Waals surface area contributed by atoms with Gasteiger partial charge in [-0.15, -0.1) is 23.5 Å². The maximum atomic E-state index is 12.4. The van der Waals surface area contributed by atoms with Crippen molar-refractivity contribution in [1.29, 1.82) is 0 Å². The van der Waals surface area contributed by atoms with Crippen LogP contribution in [0.3, 0.4) is 0 Å². The highest BCUT2D eigenvalue weighted by Gasteiger charge is 2.34. The van der Waals surface area contributed by atoms with E-state index >= 15 is 0 Å². The SMILES string of the molecule is C=C(C=C[C](Cc1ccc(SCCN(C)c2cccc(N(C)CCSc3ccc(CC(C(=O)OC)C4=C(CC)[CH]4)cc3)n2)cc1)C(=O)OC)CC. The van der Waals surface area contributed by atoms with E-state index in [0.29, 0.717) is 18.8 Å². The van der Waals surface area contributed by atoms with Crippen LogP contribution in [-0.4, -0.2) is 69.8 Å². The fourth-order valence-electron chi connectivity index (χ4n) is 5.46. The number of anilines is 2. The molecule has 1 aliphatic rings. The van der Waals surface area contributed by atoms with Crippen LogP contribution in [0.5, 0.6) is 0 Å². The van der Waals surface area contributed by atoms with Crippen LogP contribution in [0, 0.1) is 18.3 Å². The summed E-state index contributed by atoms with van der Waals surface area (Å²) in [4.78, 5) is 36.4. The second kappa shape index (κ2) is 20.2. The number of thioether (sulfide) groups is 2. The van der Waals surface area contributed by atoms with Crippen LogP contribution < -0.4 is 9.80 Å². The number of carbonyl (C=O) groups is 2. The first-order valence-corrected chi connectivity index (χ1v) is 19.4. The molecular weight excluding hydrogens is 675 g/mol. The Balaban J connectivity index is 1.21. The molecule has 51 heavy (non-hydrogen) atoms. The van der Waals surface area contributed by atoms with Gasteiger partial charge in [0.2, 0.25) is 0 Å². The van der Waals surface area contributed by atoms with Gasteiger partial charge in [-0.25, -0.2) is 4.98 Å². The number of nitrogens with zero attached hydrogens (tertiary/aromatic N) is 3. The number of rotatable bonds is 21. The molecule has 0 saturated heterocycles. The van der Waals surface area contributed by atoms with Crippen molar-refractivity contribution in [2.24, 2.45) is 5.92 Å². The van der Waals surface area contributed by atoms with Crippen molar-refractivity contribution >= 4 is 47.1 Å². The molecule has 0 fully saturated rings. The van der Waals surface area contributed by atoms with E-state index < -0.39 is 0 Å². The molecular formula is C42H51N3O4S2. The van der Waals surface area contributed by atoms with Crippen LogP contribution in [-0.2, 0) is 31.9 Å². The molecule has 1 aliphatic carbocycles. The van der Waals surface area contributed by atoms with Crippen molar-refractivity contribution in [2.45, 2.75) is 49.3 Å². The highest BCUT2D eigenvalue weighted by molar-refractivity contribution is 7.99. The number of benzene rings is 2. The molecule has 1 atom stereocenters. The van der Waals surface area contributed by atoms with Gasteiger partial charge in [-0.1, -0.05) is 74.1 Å². The number of pyridine rings is 1. The van der Waals surface area contributed by atoms with Gasteiger partial charge in [0.15, 0.2) is 0 Å². The van der Waals surface area contributed by atoms with Gasteiger partial charge < -0.3 is 19.3 Å². The average Bonchev–Trinajstić information content (AvgIpc) is 3.95. The predicted molar refractivity (Wildman–Crippen MR) is 213 cm³/mol. The second-order valence-electron chi connectivity index (χ2n) is 12.5. The smallest absolute Gasteiger partial charge is 0.317 e. The minimum Gasteiger partial charge on any atom is -0.469 e. The Labute approximate surface area is 313 Å². The molecule has 1 heterocycles. The van der Waals surface area contributed by atoms with Gasteiger partial charge in [0.05, 0.1) is 20.1 Å². The van der Waals surface area contributed by atoms with Crippen LogP contribution in [0.4, 0.5) is 11.6 Å². The summed E-state index contributed by atoms with van der Waals surface area (Å²) < 4.78 is 10.1. The van der Waals surface area contributed by atoms with E-state index in [1.54, 1.807) is 11.8 Å². The zero-order valence-electron chi connectivity index (χ0n) is 30.8. The Morgan fingerprint density at radius 1 is 0.824 bits per heavy atom. The number of allylic oxidation sites excluding steroid dienone is 3. The maximum absolute atomic E-state index is 12.4. The van der Waals surface area contributed by atoms with Crippen LogP contribution in [0.25, 0.3) is 0 Å². The number of methoxy groups -OCH3 is 2. The van der Waals surface area contributed by atoms with E-state index in [4.69, 9.17) is 14.5 Å². The number of ether oxygens (including phenoxy) is 2. The van der Waals surface area contributed by atoms with Gasteiger partial charge in [-0.3, -0.25) is 9.59 Å². The lowest BCUT2D eigenvalue weighted by Gasteiger charge is -2.22. The molecule has 9 heteroatoms. The summed E-state index contributed by atoms with van der Waals surface area (Å²) in [6, 6.07) is 23.1. The van der Waals surface area contributed by atoms with Gasteiger partial charge in [-0.05, 0) is 78.8 Å². The number of hydrogen-bond donors (Lipinski definition) is 0. The molecule has 3 aromatic rings. The highest BCUT2D eigenvalue weighted by atomic mass is 32.2. The summed E-state index contributed by atoms with van der Waals surface area (Å²) in [7, 11) is 7.04. The molecule has 0 bridgehead atoms. The monoisotopic (exact) mass is 725 g/mol. The Hall–Kier alpha value is -3.95. The van der Waals surface area contributed by atoms with Crippen LogP contribution in [0.2, 0.25) is 0 Å². The molecule has 0 aliphatic heterocycles. The molecule has 4 rings (SSSR count). The molecule has 270 valence electrons. The minimum atomic E-state index is -0.319. The number of carbonyl (C=O) groups excluding carboxylic acids is 2. The van der Waals surface area contributed by atoms with Crippen molar-refractivity contribution in [3.63, 3.8) is 0 Å². The Morgan fingerprint density at radius 2 is 1.39 bits per heavy atom. The van der Waals surface area contributed by atoms with E-state index in [-0.39, 0.29) is 17.9 Å². The fraction of sp³-hybridized carbons (Fsp3) is 0.357. The first-order valence-electron chi connectivity index (χ1n) is 17.4. The standard InChI is InChI=1S/C42H51N3O4S2/c1-8-30(3)13-18-34(41(46)48-6)27-31-14-19-35(20-15-31)50-25-23-44(4)39-11-10-12-40(43-39)45(5)24-26-51-36-21-16-32(17-22-36)28-38(42(47)49-7)37-29-33(37)9-2/h10-22,29,38H,3,8-9,23-28H2,1-2,4-7H3. The van der Waals surface area contributed by atoms with Crippen molar-refractivity contribution in [3.05, 3.63) is 126 Å². The van der Waals surface area contributed by atoms with E-state index in [0.717, 1.165) is 71.3 Å². The summed E-state index contributed by atoms with van der Waals surface area (Å²) in [6.07, 6.45) is 8.77. The number of hydrogen-bond acceptors (Lipinski definition) is 9. The van der Waals surface area contributed by atoms with Gasteiger partial charge in [0.25, 0.3) is 0 Å². The molecule has 7 nitrogen and oxygen atoms in total. The third-order valence-corrected chi connectivity index (χ3v) is 10.8. The fourth-order valence-corrected chi connectivity index (χ4v) is 7.32. The normalized spacial score (nSPS) is 13.0. The lowest BCUT2D eigenvalue weighted by atomic mass is 9.96. The molecule has 2 aromatic carbocycles. The van der Waals surface area contributed by atoms with E-state index in [1.807, 2.05) is 30.8 Å². The van der Waals surface area contributed by atoms with Gasteiger partial charge in [0, 0.05) is 54.9 Å². The maximum Gasteiger partial charge on any atom is 0.317 e. The topological polar surface area (TPSA) is 72.0 Å². The predicted octanol–water partition coefficient (Wildman–Crippen LogP) is 8.61. The lowest BCUT2D eigenvalue weighted by Crippen LogP contribution is -2.24. The average molecular weight is 726 g/mol. The molecule has 1 unspecified atom stereocenters. The van der Waals surface area contributed by atoms with E-state index in [1.165, 1.54) is 29.6 Å². The Bertz CT molecular complexity index is 1670. The Morgan fingerprint density at radius 3 is 1.88 bits per heavy atom. The summed E-state index contributed by atoms with van der Waals surface area (Å²) in [5.41, 5.74) is 5.58. The van der Waals surface area contributed by atoms with Gasteiger partial charge in [0.1, 0.15) is 17.6 Å². The summed E-state index contributed by atoms with van der Waals surface area (Å²) in [5, 5.41) is 0. The quantitative estimate of drug-likeness (QED) is 0.0610. The van der Waals surface area contributed by atoms with Crippen molar-refractivity contribution < 1.29 is 19.1 Å². The van der Waals surface area contributed by atoms with Crippen LogP contribution >= 0.6 is 23.5 Å². The van der Waals surface area contributed by atoms with Gasteiger partial charge in [-0.2, -0.15) is 0 Å². The molecule has 0 spiro atoms. The summed E-state index contributed by atoms with van der Waals surface area (Å²) >= 11 is 3.61. The van der Waals surface area contributed by atoms with E-state index in [9.17, 15) is 9.59 Å². The molecule has 0 saturated carbocycles. The third kappa shape index (κ3) is 12.4. The van der Waals surface area contributed by atoms with Crippen LogP contribution in [0.15, 0.2) is 112 Å². The third-order valence-electron chi connectivity index (χ3n) is 8.85. The first kappa shape index (κ1) is 39.8. The van der Waals surface area contributed by atoms with Crippen LogP contribution in [0.1, 0.15) is 37.8 Å². The molecule has 0 N–H and O–H groups in total.